The summed E-state index contributed by atoms with van der Waals surface area (Å²) in [5.74, 6) is -0.138. The zero-order chi connectivity index (χ0) is 12.8. The van der Waals surface area contributed by atoms with Gasteiger partial charge in [-0.25, -0.2) is 0 Å². The van der Waals surface area contributed by atoms with Crippen molar-refractivity contribution in [3.63, 3.8) is 0 Å². The summed E-state index contributed by atoms with van der Waals surface area (Å²) in [5.41, 5.74) is 0. The first-order valence-electron chi connectivity index (χ1n) is 5.20. The van der Waals surface area contributed by atoms with Gasteiger partial charge in [0.05, 0.1) is 4.70 Å². The van der Waals surface area contributed by atoms with Crippen molar-refractivity contribution in [3.05, 3.63) is 42.5 Å². The molecule has 18 heavy (non-hydrogen) atoms. The molecule has 0 atom stereocenters. The van der Waals surface area contributed by atoms with Gasteiger partial charge in [0.2, 0.25) is 0 Å². The van der Waals surface area contributed by atoms with Crippen molar-refractivity contribution < 1.29 is 17.9 Å². The molecule has 0 amide bonds. The van der Waals surface area contributed by atoms with E-state index in [1.807, 2.05) is 24.3 Å². The minimum Gasteiger partial charge on any atom is -0.404 e. The molecular formula is C13H7F3OS. The van der Waals surface area contributed by atoms with Gasteiger partial charge in [0, 0.05) is 15.5 Å². The second kappa shape index (κ2) is 3.88. The fourth-order valence-corrected chi connectivity index (χ4v) is 3.08. The number of alkyl halides is 3. The molecule has 0 unspecified atom stereocenters. The summed E-state index contributed by atoms with van der Waals surface area (Å²) >= 11 is 1.30. The Hall–Kier alpha value is -1.75. The second-order valence-corrected chi connectivity index (χ2v) is 4.83. The molecular weight excluding hydrogens is 261 g/mol. The lowest BCUT2D eigenvalue weighted by Gasteiger charge is -2.09. The van der Waals surface area contributed by atoms with Gasteiger partial charge in [0.25, 0.3) is 0 Å². The van der Waals surface area contributed by atoms with E-state index in [0.29, 0.717) is 4.70 Å². The normalized spacial score (nSPS) is 12.2. The lowest BCUT2D eigenvalue weighted by atomic mass is 10.1. The number of halogens is 3. The number of benzene rings is 2. The zero-order valence-corrected chi connectivity index (χ0v) is 9.81. The van der Waals surface area contributed by atoms with E-state index in [1.165, 1.54) is 17.4 Å². The van der Waals surface area contributed by atoms with Gasteiger partial charge < -0.3 is 4.74 Å². The highest BCUT2D eigenvalue weighted by Gasteiger charge is 2.32. The molecule has 0 N–H and O–H groups in total. The van der Waals surface area contributed by atoms with Crippen LogP contribution in [0.4, 0.5) is 13.2 Å². The van der Waals surface area contributed by atoms with Crippen LogP contribution in [-0.2, 0) is 0 Å². The van der Waals surface area contributed by atoms with Crippen LogP contribution in [0.1, 0.15) is 0 Å². The molecule has 0 aliphatic carbocycles. The average Bonchev–Trinajstić information content (AvgIpc) is 2.67. The van der Waals surface area contributed by atoms with Crippen LogP contribution in [0.3, 0.4) is 0 Å². The van der Waals surface area contributed by atoms with Crippen molar-refractivity contribution >= 4 is 31.5 Å². The summed E-state index contributed by atoms with van der Waals surface area (Å²) in [5, 5.41) is 1.74. The maximum atomic E-state index is 12.3. The predicted octanol–water partition coefficient (Wildman–Crippen LogP) is 4.95. The van der Waals surface area contributed by atoms with Gasteiger partial charge in [-0.3, -0.25) is 0 Å². The van der Waals surface area contributed by atoms with Crippen molar-refractivity contribution in [2.45, 2.75) is 6.36 Å². The zero-order valence-electron chi connectivity index (χ0n) is 8.99. The molecule has 1 heterocycles. The van der Waals surface area contributed by atoms with E-state index in [2.05, 4.69) is 4.74 Å². The summed E-state index contributed by atoms with van der Waals surface area (Å²) in [6.45, 7) is 0. The second-order valence-electron chi connectivity index (χ2n) is 3.78. The molecule has 0 aliphatic heterocycles. The molecule has 3 rings (SSSR count). The lowest BCUT2D eigenvalue weighted by Crippen LogP contribution is -2.17. The molecule has 0 saturated heterocycles. The third kappa shape index (κ3) is 1.90. The quantitative estimate of drug-likeness (QED) is 0.606. The molecule has 5 heteroatoms. The van der Waals surface area contributed by atoms with Crippen LogP contribution in [0.25, 0.3) is 20.2 Å². The molecule has 0 saturated carbocycles. The maximum absolute atomic E-state index is 12.3. The third-order valence-electron chi connectivity index (χ3n) is 2.59. The third-order valence-corrected chi connectivity index (χ3v) is 3.79. The Labute approximate surface area is 104 Å². The number of thiophene rings is 1. The highest BCUT2D eigenvalue weighted by Crippen LogP contribution is 2.40. The monoisotopic (exact) mass is 268 g/mol. The highest BCUT2D eigenvalue weighted by atomic mass is 32.1. The summed E-state index contributed by atoms with van der Waals surface area (Å²) in [7, 11) is 0. The first kappa shape index (κ1) is 11.3. The number of fused-ring (bicyclic) bond motifs is 3. The summed E-state index contributed by atoms with van der Waals surface area (Å²) in [4.78, 5) is 0. The lowest BCUT2D eigenvalue weighted by molar-refractivity contribution is -0.274. The standard InChI is InChI=1S/C13H7F3OS/c14-13(15,16)17-10-6-3-5-9-8-4-1-2-7-11(8)18-12(9)10/h1-7H. The van der Waals surface area contributed by atoms with Gasteiger partial charge in [-0.15, -0.1) is 24.5 Å². The largest absolute Gasteiger partial charge is 0.573 e. The molecule has 0 spiro atoms. The van der Waals surface area contributed by atoms with E-state index in [1.54, 1.807) is 12.1 Å². The molecule has 2 aromatic carbocycles. The van der Waals surface area contributed by atoms with Crippen LogP contribution in [0.15, 0.2) is 42.5 Å². The Bertz CT molecular complexity index is 715. The Balaban J connectivity index is 2.28. The number of rotatable bonds is 1. The van der Waals surface area contributed by atoms with Crippen LogP contribution in [-0.4, -0.2) is 6.36 Å². The van der Waals surface area contributed by atoms with Crippen LogP contribution in [0.5, 0.6) is 5.75 Å². The summed E-state index contributed by atoms with van der Waals surface area (Å²) < 4.78 is 42.5. The molecule has 1 nitrogen and oxygen atoms in total. The van der Waals surface area contributed by atoms with E-state index in [0.717, 1.165) is 15.5 Å². The molecule has 0 bridgehead atoms. The van der Waals surface area contributed by atoms with Crippen molar-refractivity contribution in [1.82, 2.24) is 0 Å². The van der Waals surface area contributed by atoms with Crippen LogP contribution < -0.4 is 4.74 Å². The van der Waals surface area contributed by atoms with Crippen LogP contribution >= 0.6 is 11.3 Å². The van der Waals surface area contributed by atoms with E-state index in [9.17, 15) is 13.2 Å². The van der Waals surface area contributed by atoms with Gasteiger partial charge in [-0.1, -0.05) is 30.3 Å². The fraction of sp³-hybridized carbons (Fsp3) is 0.0769. The van der Waals surface area contributed by atoms with Gasteiger partial charge in [-0.2, -0.15) is 0 Å². The number of hydrogen-bond acceptors (Lipinski definition) is 2. The number of ether oxygens (including phenoxy) is 1. The van der Waals surface area contributed by atoms with Gasteiger partial charge in [-0.05, 0) is 12.1 Å². The van der Waals surface area contributed by atoms with Crippen molar-refractivity contribution in [1.29, 1.82) is 0 Å². The van der Waals surface area contributed by atoms with Crippen molar-refractivity contribution in [2.24, 2.45) is 0 Å². The van der Waals surface area contributed by atoms with E-state index in [4.69, 9.17) is 0 Å². The fourth-order valence-electron chi connectivity index (χ4n) is 1.93. The molecule has 3 aromatic rings. The van der Waals surface area contributed by atoms with Crippen LogP contribution in [0, 0.1) is 0 Å². The summed E-state index contributed by atoms with van der Waals surface area (Å²) in [6, 6.07) is 12.2. The number of hydrogen-bond donors (Lipinski definition) is 0. The first-order chi connectivity index (χ1) is 8.54. The Morgan fingerprint density at radius 2 is 1.61 bits per heavy atom. The van der Waals surface area contributed by atoms with Gasteiger partial charge in [0.15, 0.2) is 0 Å². The van der Waals surface area contributed by atoms with E-state index < -0.39 is 6.36 Å². The molecule has 0 radical (unpaired) electrons. The Kier molecular flexibility index (Phi) is 2.45. The smallest absolute Gasteiger partial charge is 0.404 e. The van der Waals surface area contributed by atoms with Crippen LogP contribution in [0.2, 0.25) is 0 Å². The van der Waals surface area contributed by atoms with E-state index >= 15 is 0 Å². The van der Waals surface area contributed by atoms with Gasteiger partial charge >= 0.3 is 6.36 Å². The highest BCUT2D eigenvalue weighted by molar-refractivity contribution is 7.26. The van der Waals surface area contributed by atoms with Crippen molar-refractivity contribution in [2.75, 3.05) is 0 Å². The predicted molar refractivity (Wildman–Crippen MR) is 66.0 cm³/mol. The van der Waals surface area contributed by atoms with E-state index in [-0.39, 0.29) is 5.75 Å². The molecule has 0 aliphatic rings. The minimum atomic E-state index is -4.66. The SMILES string of the molecule is FC(F)(F)Oc1cccc2c1sc1ccccc12. The average molecular weight is 268 g/mol. The summed E-state index contributed by atoms with van der Waals surface area (Å²) in [6.07, 6.45) is -4.66. The maximum Gasteiger partial charge on any atom is 0.573 e. The molecule has 92 valence electrons. The topological polar surface area (TPSA) is 9.23 Å². The van der Waals surface area contributed by atoms with Gasteiger partial charge in [0.1, 0.15) is 5.75 Å². The molecule has 1 aromatic heterocycles. The molecule has 0 fully saturated rings. The Morgan fingerprint density at radius 3 is 2.39 bits per heavy atom. The Morgan fingerprint density at radius 1 is 0.889 bits per heavy atom. The minimum absolute atomic E-state index is 0.138. The first-order valence-corrected chi connectivity index (χ1v) is 6.02. The van der Waals surface area contributed by atoms with Crippen molar-refractivity contribution in [3.8, 4) is 5.75 Å².